The first kappa shape index (κ1) is 20.8. The van der Waals surface area contributed by atoms with Crippen molar-refractivity contribution in [3.8, 4) is 17.2 Å². The highest BCUT2D eigenvalue weighted by Crippen LogP contribution is 2.32. The molecule has 1 aliphatic rings. The van der Waals surface area contributed by atoms with Gasteiger partial charge in [-0.15, -0.1) is 0 Å². The Hall–Kier alpha value is -3.51. The number of fused-ring (bicyclic) bond motifs is 1. The van der Waals surface area contributed by atoms with E-state index >= 15 is 0 Å². The molecule has 0 amide bonds. The van der Waals surface area contributed by atoms with E-state index in [0.29, 0.717) is 34.7 Å². The van der Waals surface area contributed by atoms with E-state index in [9.17, 15) is 0 Å². The third kappa shape index (κ3) is 4.34. The Bertz CT molecular complexity index is 1160. The van der Waals surface area contributed by atoms with E-state index in [4.69, 9.17) is 30.8 Å². The number of nitrogens with one attached hydrogen (secondary N) is 1. The van der Waals surface area contributed by atoms with Gasteiger partial charge in [-0.1, -0.05) is 11.6 Å². The molecule has 0 aliphatic carbocycles. The van der Waals surface area contributed by atoms with Gasteiger partial charge in [-0.05, 0) is 67.6 Å². The van der Waals surface area contributed by atoms with E-state index in [0.717, 1.165) is 28.1 Å². The summed E-state index contributed by atoms with van der Waals surface area (Å²) in [5.74, 6) is 2.69. The number of hydrogen-bond acceptors (Lipinski definition) is 6. The van der Waals surface area contributed by atoms with Gasteiger partial charge in [-0.25, -0.2) is 4.99 Å². The van der Waals surface area contributed by atoms with Crippen molar-refractivity contribution in [2.45, 2.75) is 6.92 Å². The van der Waals surface area contributed by atoms with Crippen LogP contribution in [-0.2, 0) is 0 Å². The van der Waals surface area contributed by atoms with E-state index in [1.165, 1.54) is 0 Å². The number of methoxy groups -OCH3 is 2. The van der Waals surface area contributed by atoms with Crippen LogP contribution in [0.3, 0.4) is 0 Å². The van der Waals surface area contributed by atoms with Crippen LogP contribution in [0.25, 0.3) is 0 Å². The number of aliphatic imine (C=N–C) groups is 1. The number of halogens is 1. The summed E-state index contributed by atoms with van der Waals surface area (Å²) in [4.78, 5) is 4.81. The van der Waals surface area contributed by atoms with Crippen LogP contribution in [0.4, 0.5) is 5.69 Å². The molecule has 0 aromatic heterocycles. The molecule has 0 saturated carbocycles. The highest BCUT2D eigenvalue weighted by Gasteiger charge is 2.19. The smallest absolute Gasteiger partial charge is 0.161 e. The monoisotopic (exact) mass is 435 g/mol. The van der Waals surface area contributed by atoms with Crippen LogP contribution < -0.4 is 19.6 Å². The van der Waals surface area contributed by atoms with Crippen LogP contribution in [0.15, 0.2) is 70.8 Å². The number of ether oxygens (including phenoxy) is 3. The number of hydrogen-bond donors (Lipinski definition) is 1. The SMILES string of the molecule is CCOc1ccc(C2=Nc3ccc(Cl)cc3C(c3ccc(OC)c(OC)c3)=NN2)cc1. The molecule has 0 unspecified atom stereocenters. The Balaban J connectivity index is 1.79. The van der Waals surface area contributed by atoms with Crippen molar-refractivity contribution >= 4 is 28.8 Å². The zero-order chi connectivity index (χ0) is 21.8. The first-order valence-electron chi connectivity index (χ1n) is 9.81. The topological polar surface area (TPSA) is 64.4 Å². The maximum absolute atomic E-state index is 6.31. The summed E-state index contributed by atoms with van der Waals surface area (Å²) in [5, 5.41) is 5.28. The van der Waals surface area contributed by atoms with Gasteiger partial charge < -0.3 is 14.2 Å². The molecule has 6 nitrogen and oxygen atoms in total. The van der Waals surface area contributed by atoms with Gasteiger partial charge in [-0.3, -0.25) is 5.43 Å². The summed E-state index contributed by atoms with van der Waals surface area (Å²) >= 11 is 6.31. The molecule has 7 heteroatoms. The average Bonchev–Trinajstić information content (AvgIpc) is 2.99. The van der Waals surface area contributed by atoms with Crippen molar-refractivity contribution in [3.05, 3.63) is 82.4 Å². The Kier molecular flexibility index (Phi) is 6.09. The first-order valence-corrected chi connectivity index (χ1v) is 10.2. The summed E-state index contributed by atoms with van der Waals surface area (Å²) in [6.45, 7) is 2.57. The quantitative estimate of drug-likeness (QED) is 0.578. The van der Waals surface area contributed by atoms with Gasteiger partial charge in [-0.2, -0.15) is 5.10 Å². The summed E-state index contributed by atoms with van der Waals surface area (Å²) in [6, 6.07) is 18.9. The first-order chi connectivity index (χ1) is 15.1. The fraction of sp³-hybridized carbons (Fsp3) is 0.167. The molecule has 4 rings (SSSR count). The molecule has 31 heavy (non-hydrogen) atoms. The lowest BCUT2D eigenvalue weighted by Crippen LogP contribution is -2.19. The number of nitrogens with zero attached hydrogens (tertiary/aromatic N) is 2. The van der Waals surface area contributed by atoms with Gasteiger partial charge in [0.05, 0.1) is 26.5 Å². The van der Waals surface area contributed by atoms with Gasteiger partial charge in [0.1, 0.15) is 11.5 Å². The molecular formula is C24H22ClN3O3. The minimum Gasteiger partial charge on any atom is -0.494 e. The Morgan fingerprint density at radius 1 is 0.871 bits per heavy atom. The van der Waals surface area contributed by atoms with Crippen LogP contribution in [0, 0.1) is 0 Å². The van der Waals surface area contributed by atoms with Gasteiger partial charge >= 0.3 is 0 Å². The summed E-state index contributed by atoms with van der Waals surface area (Å²) in [6.07, 6.45) is 0. The molecule has 3 aromatic carbocycles. The van der Waals surface area contributed by atoms with E-state index in [-0.39, 0.29) is 0 Å². The average molecular weight is 436 g/mol. The molecular weight excluding hydrogens is 414 g/mol. The lowest BCUT2D eigenvalue weighted by Gasteiger charge is -2.12. The molecule has 3 aromatic rings. The van der Waals surface area contributed by atoms with Gasteiger partial charge in [0.15, 0.2) is 17.3 Å². The van der Waals surface area contributed by atoms with Crippen LogP contribution in [-0.4, -0.2) is 32.4 Å². The standard InChI is InChI=1S/C24H22ClN3O3/c1-4-31-18-9-5-15(6-10-18)24-26-20-11-8-17(25)14-19(20)23(27-28-24)16-7-12-21(29-2)22(13-16)30-3/h5-14H,4H2,1-3H3,(H,26,28). The Morgan fingerprint density at radius 2 is 1.61 bits per heavy atom. The molecule has 1 N–H and O–H groups in total. The van der Waals surface area contributed by atoms with Crippen LogP contribution in [0.2, 0.25) is 5.02 Å². The minimum absolute atomic E-state index is 0.603. The highest BCUT2D eigenvalue weighted by atomic mass is 35.5. The normalized spacial score (nSPS) is 12.6. The third-order valence-electron chi connectivity index (χ3n) is 4.82. The van der Waals surface area contributed by atoms with Crippen molar-refractivity contribution in [2.24, 2.45) is 10.1 Å². The highest BCUT2D eigenvalue weighted by molar-refractivity contribution is 6.31. The fourth-order valence-corrected chi connectivity index (χ4v) is 3.49. The van der Waals surface area contributed by atoms with Crippen molar-refractivity contribution in [3.63, 3.8) is 0 Å². The number of rotatable bonds is 6. The van der Waals surface area contributed by atoms with Crippen molar-refractivity contribution in [1.29, 1.82) is 0 Å². The molecule has 1 aliphatic heterocycles. The van der Waals surface area contributed by atoms with Crippen LogP contribution in [0.5, 0.6) is 17.2 Å². The molecule has 158 valence electrons. The molecule has 0 radical (unpaired) electrons. The Labute approximate surface area is 186 Å². The van der Waals surface area contributed by atoms with E-state index < -0.39 is 0 Å². The molecule has 0 bridgehead atoms. The van der Waals surface area contributed by atoms with Crippen LogP contribution >= 0.6 is 11.6 Å². The predicted octanol–water partition coefficient (Wildman–Crippen LogP) is 5.19. The second-order valence-electron chi connectivity index (χ2n) is 6.72. The van der Waals surface area contributed by atoms with Crippen LogP contribution in [0.1, 0.15) is 23.6 Å². The molecule has 1 heterocycles. The maximum Gasteiger partial charge on any atom is 0.161 e. The molecule has 0 spiro atoms. The van der Waals surface area contributed by atoms with Crippen molar-refractivity contribution in [2.75, 3.05) is 20.8 Å². The van der Waals surface area contributed by atoms with Crippen molar-refractivity contribution < 1.29 is 14.2 Å². The third-order valence-corrected chi connectivity index (χ3v) is 5.05. The Morgan fingerprint density at radius 3 is 2.32 bits per heavy atom. The predicted molar refractivity (Wildman–Crippen MR) is 124 cm³/mol. The van der Waals surface area contributed by atoms with E-state index in [1.54, 1.807) is 14.2 Å². The number of hydrazone groups is 1. The molecule has 0 fully saturated rings. The number of benzene rings is 3. The zero-order valence-electron chi connectivity index (χ0n) is 17.5. The van der Waals surface area contributed by atoms with E-state index in [1.807, 2.05) is 67.6 Å². The van der Waals surface area contributed by atoms with Gasteiger partial charge in [0.2, 0.25) is 0 Å². The van der Waals surface area contributed by atoms with Gasteiger partial charge in [0.25, 0.3) is 0 Å². The lowest BCUT2D eigenvalue weighted by atomic mass is 10.0. The summed E-state index contributed by atoms with van der Waals surface area (Å²) in [5.41, 5.74) is 7.11. The number of amidine groups is 1. The molecule has 0 atom stereocenters. The van der Waals surface area contributed by atoms with Gasteiger partial charge in [0, 0.05) is 21.7 Å². The lowest BCUT2D eigenvalue weighted by molar-refractivity contribution is 0.340. The van der Waals surface area contributed by atoms with E-state index in [2.05, 4.69) is 10.5 Å². The van der Waals surface area contributed by atoms with Crippen molar-refractivity contribution in [1.82, 2.24) is 5.43 Å². The second-order valence-corrected chi connectivity index (χ2v) is 7.16. The summed E-state index contributed by atoms with van der Waals surface area (Å²) in [7, 11) is 3.21. The summed E-state index contributed by atoms with van der Waals surface area (Å²) < 4.78 is 16.4. The minimum atomic E-state index is 0.603. The zero-order valence-corrected chi connectivity index (χ0v) is 18.2. The largest absolute Gasteiger partial charge is 0.494 e. The second kappa shape index (κ2) is 9.10. The fourth-order valence-electron chi connectivity index (χ4n) is 3.32. The maximum atomic E-state index is 6.31. The molecule has 0 saturated heterocycles.